The van der Waals surface area contributed by atoms with Crippen LogP contribution in [0.25, 0.3) is 5.57 Å². The van der Waals surface area contributed by atoms with Crippen molar-refractivity contribution >= 4 is 60.9 Å². The molecule has 12 N–H and O–H groups in total. The van der Waals surface area contributed by atoms with Crippen LogP contribution in [0.3, 0.4) is 0 Å². The number of nitrogens with two attached hydrogens (primary N) is 4. The topological polar surface area (TPSA) is 167 Å². The molecule has 1 aromatic rings. The normalized spacial score (nSPS) is 16.7. The molecular formula is C12H24Cl4N4O2. The first-order valence-corrected chi connectivity index (χ1v) is 5.09. The Kier molecular flexibility index (Phi) is 19.5. The van der Waals surface area contributed by atoms with Gasteiger partial charge in [0.05, 0.1) is 6.04 Å². The van der Waals surface area contributed by atoms with E-state index in [1.807, 2.05) is 36.4 Å². The number of rotatable bonds is 1. The van der Waals surface area contributed by atoms with Gasteiger partial charge in [0.25, 0.3) is 0 Å². The van der Waals surface area contributed by atoms with Crippen molar-refractivity contribution < 1.29 is 11.0 Å². The molecule has 0 saturated carbocycles. The summed E-state index contributed by atoms with van der Waals surface area (Å²) in [6.45, 7) is 0. The summed E-state index contributed by atoms with van der Waals surface area (Å²) in [6, 6.07) is 7.08. The molecule has 0 bridgehead atoms. The fourth-order valence-electron chi connectivity index (χ4n) is 1.79. The van der Waals surface area contributed by atoms with Crippen LogP contribution in [0.1, 0.15) is 5.56 Å². The number of allylic oxidation sites excluding steroid dienone is 2. The Morgan fingerprint density at radius 1 is 0.955 bits per heavy atom. The summed E-state index contributed by atoms with van der Waals surface area (Å²) in [4.78, 5) is 0. The van der Waals surface area contributed by atoms with Gasteiger partial charge >= 0.3 is 0 Å². The first kappa shape index (κ1) is 33.2. The summed E-state index contributed by atoms with van der Waals surface area (Å²) >= 11 is 0. The maximum atomic E-state index is 6.03. The number of hydrogen-bond donors (Lipinski definition) is 4. The van der Waals surface area contributed by atoms with Gasteiger partial charge in [0.2, 0.25) is 0 Å². The highest BCUT2D eigenvalue weighted by Gasteiger charge is 2.30. The van der Waals surface area contributed by atoms with Gasteiger partial charge in [-0.05, 0) is 29.3 Å². The summed E-state index contributed by atoms with van der Waals surface area (Å²) in [6.07, 6.45) is 5.44. The number of hydrogen-bond acceptors (Lipinski definition) is 4. The first-order valence-electron chi connectivity index (χ1n) is 5.09. The highest BCUT2D eigenvalue weighted by molar-refractivity contribution is 5.86. The maximum absolute atomic E-state index is 6.03. The first-order chi connectivity index (χ1) is 7.50. The SMILES string of the molecule is Cl.Cl.Cl.Cl.Nc1cccc(C2=CC=CC(N)(N)C2N)c1.O.O. The molecule has 132 valence electrons. The molecule has 10 heteroatoms. The van der Waals surface area contributed by atoms with E-state index in [0.29, 0.717) is 5.69 Å². The zero-order valence-electron chi connectivity index (χ0n) is 11.6. The molecule has 22 heavy (non-hydrogen) atoms. The van der Waals surface area contributed by atoms with Crippen molar-refractivity contribution in [3.05, 3.63) is 48.1 Å². The van der Waals surface area contributed by atoms with Crippen molar-refractivity contribution in [2.75, 3.05) is 5.73 Å². The summed E-state index contributed by atoms with van der Waals surface area (Å²) < 4.78 is 0. The molecule has 0 aromatic heterocycles. The van der Waals surface area contributed by atoms with Gasteiger partial charge in [-0.3, -0.25) is 0 Å². The van der Waals surface area contributed by atoms with Crippen LogP contribution in [0.5, 0.6) is 0 Å². The molecule has 6 nitrogen and oxygen atoms in total. The average Bonchev–Trinajstić information content (AvgIpc) is 2.22. The van der Waals surface area contributed by atoms with Crippen LogP contribution in [-0.4, -0.2) is 22.7 Å². The van der Waals surface area contributed by atoms with E-state index in [0.717, 1.165) is 11.1 Å². The van der Waals surface area contributed by atoms with E-state index >= 15 is 0 Å². The van der Waals surface area contributed by atoms with Crippen LogP contribution in [0.4, 0.5) is 5.69 Å². The number of benzene rings is 1. The predicted molar refractivity (Wildman–Crippen MR) is 103 cm³/mol. The highest BCUT2D eigenvalue weighted by Crippen LogP contribution is 2.26. The van der Waals surface area contributed by atoms with Crippen molar-refractivity contribution in [1.29, 1.82) is 0 Å². The molecule has 0 aliphatic heterocycles. The Bertz CT molecular complexity index is 484. The third-order valence-corrected chi connectivity index (χ3v) is 2.75. The average molecular weight is 398 g/mol. The van der Waals surface area contributed by atoms with Gasteiger partial charge in [-0.1, -0.05) is 24.3 Å². The molecule has 1 aliphatic rings. The molecule has 0 fully saturated rings. The second-order valence-corrected chi connectivity index (χ2v) is 4.08. The van der Waals surface area contributed by atoms with Crippen molar-refractivity contribution in [3.63, 3.8) is 0 Å². The summed E-state index contributed by atoms with van der Waals surface area (Å²) in [5.41, 5.74) is 25.1. The van der Waals surface area contributed by atoms with Gasteiger partial charge in [0.15, 0.2) is 0 Å². The summed E-state index contributed by atoms with van der Waals surface area (Å²) in [5.74, 6) is 0. The van der Waals surface area contributed by atoms with Crippen molar-refractivity contribution in [2.45, 2.75) is 11.7 Å². The molecule has 1 aromatic carbocycles. The molecular weight excluding hydrogens is 374 g/mol. The van der Waals surface area contributed by atoms with Crippen LogP contribution in [0.2, 0.25) is 0 Å². The van der Waals surface area contributed by atoms with Crippen LogP contribution in [-0.2, 0) is 0 Å². The Hall–Kier alpha value is -0.540. The molecule has 0 saturated heterocycles. The predicted octanol–water partition coefficient (Wildman–Crippen LogP) is 0.201. The van der Waals surface area contributed by atoms with Crippen molar-refractivity contribution in [1.82, 2.24) is 0 Å². The molecule has 1 aliphatic carbocycles. The van der Waals surface area contributed by atoms with Crippen LogP contribution in [0, 0.1) is 0 Å². The van der Waals surface area contributed by atoms with E-state index in [2.05, 4.69) is 0 Å². The maximum Gasteiger partial charge on any atom is 0.103 e. The quantitative estimate of drug-likeness (QED) is 0.392. The summed E-state index contributed by atoms with van der Waals surface area (Å²) in [7, 11) is 0. The van der Waals surface area contributed by atoms with Crippen LogP contribution >= 0.6 is 49.6 Å². The van der Waals surface area contributed by atoms with Crippen LogP contribution < -0.4 is 22.9 Å². The highest BCUT2D eigenvalue weighted by atomic mass is 35.5. The lowest BCUT2D eigenvalue weighted by Gasteiger charge is -2.32. The van der Waals surface area contributed by atoms with E-state index in [1.54, 1.807) is 6.08 Å². The van der Waals surface area contributed by atoms with Gasteiger partial charge in [-0.2, -0.15) is 0 Å². The van der Waals surface area contributed by atoms with E-state index in [4.69, 9.17) is 22.9 Å². The molecule has 1 unspecified atom stereocenters. The molecule has 0 radical (unpaired) electrons. The number of halogens is 4. The standard InChI is InChI=1S/C12H16N4.4ClH.2H2O/c13-9-4-1-3-8(7-9)10-5-2-6-12(15,16)11(10)14;;;;;;/h1-7,11H,13-16H2;4*1H;2*1H2. The third kappa shape index (κ3) is 7.15. The molecule has 0 heterocycles. The minimum absolute atomic E-state index is 0. The van der Waals surface area contributed by atoms with Gasteiger partial charge in [-0.25, -0.2) is 0 Å². The van der Waals surface area contributed by atoms with Crippen LogP contribution in [0.15, 0.2) is 42.5 Å². The van der Waals surface area contributed by atoms with Gasteiger partial charge in [-0.15, -0.1) is 49.6 Å². The van der Waals surface area contributed by atoms with Gasteiger partial charge < -0.3 is 33.9 Å². The minimum Gasteiger partial charge on any atom is -0.412 e. The fourth-order valence-corrected chi connectivity index (χ4v) is 1.79. The minimum atomic E-state index is -1.01. The Labute approximate surface area is 154 Å². The Morgan fingerprint density at radius 3 is 2.00 bits per heavy atom. The lowest BCUT2D eigenvalue weighted by atomic mass is 9.86. The van der Waals surface area contributed by atoms with E-state index in [1.165, 1.54) is 0 Å². The molecule has 0 amide bonds. The molecule has 0 spiro atoms. The van der Waals surface area contributed by atoms with Crippen molar-refractivity contribution in [2.24, 2.45) is 17.2 Å². The number of anilines is 1. The lowest BCUT2D eigenvalue weighted by molar-refractivity contribution is 0.498. The fraction of sp³-hybridized carbons (Fsp3) is 0.167. The Morgan fingerprint density at radius 2 is 1.50 bits per heavy atom. The van der Waals surface area contributed by atoms with Crippen molar-refractivity contribution in [3.8, 4) is 0 Å². The monoisotopic (exact) mass is 396 g/mol. The summed E-state index contributed by atoms with van der Waals surface area (Å²) in [5, 5.41) is 0. The molecule has 2 rings (SSSR count). The lowest BCUT2D eigenvalue weighted by Crippen LogP contribution is -2.62. The Balaban J connectivity index is -0.000000161. The van der Waals surface area contributed by atoms with E-state index in [-0.39, 0.29) is 60.6 Å². The van der Waals surface area contributed by atoms with Gasteiger partial charge in [0.1, 0.15) is 5.66 Å². The smallest absolute Gasteiger partial charge is 0.103 e. The van der Waals surface area contributed by atoms with E-state index in [9.17, 15) is 0 Å². The van der Waals surface area contributed by atoms with Gasteiger partial charge in [0, 0.05) is 5.69 Å². The zero-order valence-corrected chi connectivity index (χ0v) is 14.8. The van der Waals surface area contributed by atoms with E-state index < -0.39 is 11.7 Å². The second-order valence-electron chi connectivity index (χ2n) is 4.08. The molecule has 1 atom stereocenters. The third-order valence-electron chi connectivity index (χ3n) is 2.75. The second kappa shape index (κ2) is 13.0. The number of nitrogen functional groups attached to an aromatic ring is 1. The zero-order chi connectivity index (χ0) is 11.8. The largest absolute Gasteiger partial charge is 0.412 e.